The average Bonchev–Trinajstić information content (AvgIpc) is 2.99. The van der Waals surface area contributed by atoms with E-state index in [4.69, 9.17) is 16.3 Å². The van der Waals surface area contributed by atoms with E-state index in [1.807, 2.05) is 29.9 Å². The summed E-state index contributed by atoms with van der Waals surface area (Å²) in [4.78, 5) is 18.7. The van der Waals surface area contributed by atoms with Crippen molar-refractivity contribution in [3.05, 3.63) is 35.6 Å². The smallest absolute Gasteiger partial charge is 0.234 e. The number of halogens is 1. The van der Waals surface area contributed by atoms with Crippen molar-refractivity contribution in [2.24, 2.45) is 7.05 Å². The number of aromatic nitrogens is 2. The Balaban J connectivity index is 1.67. The van der Waals surface area contributed by atoms with E-state index >= 15 is 0 Å². The van der Waals surface area contributed by atoms with Gasteiger partial charge in [-0.25, -0.2) is 4.98 Å². The molecule has 0 aliphatic carbocycles. The second kappa shape index (κ2) is 7.92. The first-order valence-electron chi connectivity index (χ1n) is 7.66. The number of hydrogen-bond acceptors (Lipinski definition) is 5. The highest BCUT2D eigenvalue weighted by molar-refractivity contribution is 7.99. The molecule has 6 nitrogen and oxygen atoms in total. The summed E-state index contributed by atoms with van der Waals surface area (Å²) in [5.41, 5.74) is 1.70. The molecule has 1 amide bonds. The number of morpholine rings is 1. The van der Waals surface area contributed by atoms with Crippen LogP contribution < -0.4 is 10.2 Å². The van der Waals surface area contributed by atoms with Crippen LogP contribution in [0.1, 0.15) is 0 Å². The van der Waals surface area contributed by atoms with Gasteiger partial charge < -0.3 is 19.5 Å². The van der Waals surface area contributed by atoms with Crippen LogP contribution in [0.4, 0.5) is 11.4 Å². The number of thioether (sulfide) groups is 1. The van der Waals surface area contributed by atoms with Crippen LogP contribution in [0.3, 0.4) is 0 Å². The fourth-order valence-electron chi connectivity index (χ4n) is 2.50. The molecule has 1 aromatic heterocycles. The van der Waals surface area contributed by atoms with E-state index in [2.05, 4.69) is 15.2 Å². The summed E-state index contributed by atoms with van der Waals surface area (Å²) in [7, 11) is 1.90. The van der Waals surface area contributed by atoms with Gasteiger partial charge >= 0.3 is 0 Å². The zero-order chi connectivity index (χ0) is 16.9. The lowest BCUT2D eigenvalue weighted by Gasteiger charge is -2.30. The number of imidazole rings is 1. The molecule has 0 radical (unpaired) electrons. The summed E-state index contributed by atoms with van der Waals surface area (Å²) < 4.78 is 7.27. The molecule has 0 unspecified atom stereocenters. The summed E-state index contributed by atoms with van der Waals surface area (Å²) in [6.45, 7) is 2.97. The van der Waals surface area contributed by atoms with Gasteiger partial charge in [0.25, 0.3) is 0 Å². The number of rotatable bonds is 5. The van der Waals surface area contributed by atoms with Crippen LogP contribution >= 0.6 is 23.4 Å². The van der Waals surface area contributed by atoms with Gasteiger partial charge in [0, 0.05) is 37.6 Å². The largest absolute Gasteiger partial charge is 0.378 e. The molecule has 1 aliphatic rings. The van der Waals surface area contributed by atoms with Gasteiger partial charge in [-0.05, 0) is 18.2 Å². The quantitative estimate of drug-likeness (QED) is 0.824. The number of anilines is 2. The van der Waals surface area contributed by atoms with Crippen LogP contribution in [0.25, 0.3) is 0 Å². The third-order valence-corrected chi connectivity index (χ3v) is 4.99. The van der Waals surface area contributed by atoms with E-state index in [0.717, 1.165) is 29.6 Å². The summed E-state index contributed by atoms with van der Waals surface area (Å²) in [6.07, 6.45) is 3.57. The standard InChI is InChI=1S/C16H19ClN4O2S/c1-20-5-4-18-16(20)24-11-15(22)19-13-10-12(17)2-3-14(13)21-6-8-23-9-7-21/h2-5,10H,6-9,11H2,1H3,(H,19,22). The van der Waals surface area contributed by atoms with E-state index < -0.39 is 0 Å². The summed E-state index contributed by atoms with van der Waals surface area (Å²) in [5.74, 6) is 0.208. The lowest BCUT2D eigenvalue weighted by atomic mass is 10.2. The maximum atomic E-state index is 12.3. The minimum Gasteiger partial charge on any atom is -0.378 e. The maximum Gasteiger partial charge on any atom is 0.234 e. The minimum atomic E-state index is -0.0835. The van der Waals surface area contributed by atoms with Crippen LogP contribution in [-0.2, 0) is 16.6 Å². The van der Waals surface area contributed by atoms with E-state index in [1.165, 1.54) is 11.8 Å². The van der Waals surface area contributed by atoms with Gasteiger partial charge in [0.2, 0.25) is 5.91 Å². The van der Waals surface area contributed by atoms with Gasteiger partial charge in [-0.1, -0.05) is 23.4 Å². The first kappa shape index (κ1) is 17.1. The van der Waals surface area contributed by atoms with Crippen molar-refractivity contribution in [3.8, 4) is 0 Å². The number of hydrogen-bond donors (Lipinski definition) is 1. The Bertz CT molecular complexity index is 716. The van der Waals surface area contributed by atoms with E-state index in [1.54, 1.807) is 12.3 Å². The van der Waals surface area contributed by atoms with Crippen molar-refractivity contribution >= 4 is 40.6 Å². The van der Waals surface area contributed by atoms with E-state index in [9.17, 15) is 4.79 Å². The molecule has 128 valence electrons. The SMILES string of the molecule is Cn1ccnc1SCC(=O)Nc1cc(Cl)ccc1N1CCOCC1. The van der Waals surface area contributed by atoms with Crippen molar-refractivity contribution in [2.75, 3.05) is 42.3 Å². The lowest BCUT2D eigenvalue weighted by Crippen LogP contribution is -2.36. The Labute approximate surface area is 150 Å². The molecule has 24 heavy (non-hydrogen) atoms. The predicted molar refractivity (Wildman–Crippen MR) is 97.0 cm³/mol. The molecule has 1 aliphatic heterocycles. The van der Waals surface area contributed by atoms with Crippen molar-refractivity contribution in [3.63, 3.8) is 0 Å². The Morgan fingerprint density at radius 1 is 1.42 bits per heavy atom. The van der Waals surface area contributed by atoms with Gasteiger partial charge in [0.15, 0.2) is 5.16 Å². The fourth-order valence-corrected chi connectivity index (χ4v) is 3.40. The fraction of sp³-hybridized carbons (Fsp3) is 0.375. The van der Waals surface area contributed by atoms with E-state index in [0.29, 0.717) is 24.0 Å². The second-order valence-electron chi connectivity index (χ2n) is 5.42. The van der Waals surface area contributed by atoms with Crippen molar-refractivity contribution in [1.82, 2.24) is 9.55 Å². The summed E-state index contributed by atoms with van der Waals surface area (Å²) >= 11 is 7.51. The Hall–Kier alpha value is -1.70. The molecule has 2 aromatic rings. The molecule has 1 aromatic carbocycles. The topological polar surface area (TPSA) is 59.4 Å². The number of nitrogens with zero attached hydrogens (tertiary/aromatic N) is 3. The highest BCUT2D eigenvalue weighted by atomic mass is 35.5. The predicted octanol–water partition coefficient (Wildman–Crippen LogP) is 2.64. The summed E-state index contributed by atoms with van der Waals surface area (Å²) in [6, 6.07) is 5.56. The van der Waals surface area contributed by atoms with Crippen LogP contribution in [0, 0.1) is 0 Å². The van der Waals surface area contributed by atoms with Gasteiger partial charge in [-0.3, -0.25) is 4.79 Å². The lowest BCUT2D eigenvalue weighted by molar-refractivity contribution is -0.113. The molecule has 0 atom stereocenters. The first-order chi connectivity index (χ1) is 11.6. The molecular formula is C16H19ClN4O2S. The van der Waals surface area contributed by atoms with Crippen LogP contribution in [0.15, 0.2) is 35.7 Å². The third kappa shape index (κ3) is 4.23. The molecule has 1 N–H and O–H groups in total. The number of carbonyl (C=O) groups is 1. The monoisotopic (exact) mass is 366 g/mol. The van der Waals surface area contributed by atoms with Gasteiger partial charge in [-0.15, -0.1) is 0 Å². The molecule has 0 saturated carbocycles. The Morgan fingerprint density at radius 2 is 2.21 bits per heavy atom. The van der Waals surface area contributed by atoms with Crippen molar-refractivity contribution in [1.29, 1.82) is 0 Å². The molecular weight excluding hydrogens is 348 g/mol. The Kier molecular flexibility index (Phi) is 5.65. The highest BCUT2D eigenvalue weighted by Crippen LogP contribution is 2.30. The normalized spacial score (nSPS) is 14.7. The first-order valence-corrected chi connectivity index (χ1v) is 9.02. The minimum absolute atomic E-state index is 0.0835. The van der Waals surface area contributed by atoms with Gasteiger partial charge in [0.1, 0.15) is 0 Å². The number of amides is 1. The van der Waals surface area contributed by atoms with Gasteiger partial charge in [0.05, 0.1) is 30.3 Å². The van der Waals surface area contributed by atoms with Gasteiger partial charge in [-0.2, -0.15) is 0 Å². The number of aryl methyl sites for hydroxylation is 1. The zero-order valence-electron chi connectivity index (χ0n) is 13.4. The highest BCUT2D eigenvalue weighted by Gasteiger charge is 2.17. The molecule has 8 heteroatoms. The molecule has 1 fully saturated rings. The average molecular weight is 367 g/mol. The Morgan fingerprint density at radius 3 is 2.92 bits per heavy atom. The van der Waals surface area contributed by atoms with E-state index in [-0.39, 0.29) is 5.91 Å². The second-order valence-corrected chi connectivity index (χ2v) is 6.80. The van der Waals surface area contributed by atoms with Crippen molar-refractivity contribution < 1.29 is 9.53 Å². The summed E-state index contributed by atoms with van der Waals surface area (Å²) in [5, 5.41) is 4.37. The number of carbonyl (C=O) groups excluding carboxylic acids is 1. The third-order valence-electron chi connectivity index (χ3n) is 3.69. The number of benzene rings is 1. The molecule has 3 rings (SSSR count). The zero-order valence-corrected chi connectivity index (χ0v) is 14.9. The molecule has 0 bridgehead atoms. The maximum absolute atomic E-state index is 12.3. The van der Waals surface area contributed by atoms with Crippen LogP contribution in [-0.4, -0.2) is 47.5 Å². The van der Waals surface area contributed by atoms with Crippen molar-refractivity contribution in [2.45, 2.75) is 5.16 Å². The number of ether oxygens (including phenoxy) is 1. The van der Waals surface area contributed by atoms with Crippen LogP contribution in [0.5, 0.6) is 0 Å². The molecule has 2 heterocycles. The van der Waals surface area contributed by atoms with Crippen LogP contribution in [0.2, 0.25) is 5.02 Å². The molecule has 0 spiro atoms. The number of nitrogens with one attached hydrogen (secondary N) is 1. The molecule has 1 saturated heterocycles.